The molecule has 0 bridgehead atoms. The van der Waals surface area contributed by atoms with Crippen LogP contribution in [0.25, 0.3) is 0 Å². The highest BCUT2D eigenvalue weighted by Crippen LogP contribution is 2.22. The Morgan fingerprint density at radius 3 is 2.19 bits per heavy atom. The van der Waals surface area contributed by atoms with E-state index in [2.05, 4.69) is 68.1 Å². The lowest BCUT2D eigenvalue weighted by atomic mass is 10.1. The van der Waals surface area contributed by atoms with Crippen LogP contribution in [0.3, 0.4) is 0 Å². The van der Waals surface area contributed by atoms with E-state index in [1.54, 1.807) is 6.21 Å². The minimum Gasteiger partial charge on any atom is -0.247 e. The zero-order chi connectivity index (χ0) is 12.2. The van der Waals surface area contributed by atoms with E-state index in [4.69, 9.17) is 0 Å². The molecule has 1 rings (SSSR count). The van der Waals surface area contributed by atoms with Gasteiger partial charge >= 0.3 is 0 Å². The van der Waals surface area contributed by atoms with Crippen LogP contribution < -0.4 is 0 Å². The first kappa shape index (κ1) is 12.7. The van der Waals surface area contributed by atoms with Gasteiger partial charge in [-0.05, 0) is 25.0 Å². The number of hydrogen-bond donors (Lipinski definition) is 0. The van der Waals surface area contributed by atoms with Crippen molar-refractivity contribution in [2.45, 2.75) is 33.5 Å². The number of para-hydroxylation sites is 1. The first-order chi connectivity index (χ1) is 7.40. The fourth-order valence-electron chi connectivity index (χ4n) is 1.35. The monoisotopic (exact) mass is 229 g/mol. The van der Waals surface area contributed by atoms with Crippen LogP contribution in [0.1, 0.15) is 11.1 Å². The first-order valence-corrected chi connectivity index (χ1v) is 9.01. The Balaban J connectivity index is 2.88. The fourth-order valence-corrected chi connectivity index (χ4v) is 1.85. The number of nitrogens with zero attached hydrogens (tertiary/aromatic N) is 1. The molecule has 0 atom stereocenters. The van der Waals surface area contributed by atoms with E-state index >= 15 is 0 Å². The molecule has 0 heterocycles. The molecule has 0 N–H and O–H groups in total. The van der Waals surface area contributed by atoms with E-state index in [1.807, 2.05) is 0 Å². The third-order valence-electron chi connectivity index (χ3n) is 2.14. The fraction of sp³-hybridized carbons (Fsp3) is 0.357. The number of hydrogen-bond acceptors (Lipinski definition) is 1. The molecule has 84 valence electrons. The third-order valence-corrected chi connectivity index (χ3v) is 3.04. The Labute approximate surface area is 99.6 Å². The van der Waals surface area contributed by atoms with Gasteiger partial charge in [-0.3, -0.25) is 0 Å². The molecule has 0 spiro atoms. The van der Waals surface area contributed by atoms with Gasteiger partial charge in [0, 0.05) is 0 Å². The quantitative estimate of drug-likeness (QED) is 0.393. The second kappa shape index (κ2) is 5.13. The van der Waals surface area contributed by atoms with Crippen molar-refractivity contribution >= 4 is 20.0 Å². The van der Waals surface area contributed by atoms with Gasteiger partial charge in [-0.15, -0.1) is 5.54 Å². The summed E-state index contributed by atoms with van der Waals surface area (Å²) < 4.78 is 0. The lowest BCUT2D eigenvalue weighted by Gasteiger charge is -2.03. The maximum Gasteiger partial charge on any atom is 0.129 e. The molecular formula is C14H19NSi. The maximum atomic E-state index is 4.43. The lowest BCUT2D eigenvalue weighted by molar-refractivity contribution is 1.33. The molecule has 1 aromatic rings. The second-order valence-electron chi connectivity index (χ2n) is 5.02. The van der Waals surface area contributed by atoms with Crippen LogP contribution in [0.15, 0.2) is 23.2 Å². The van der Waals surface area contributed by atoms with E-state index in [9.17, 15) is 0 Å². The molecule has 0 fully saturated rings. The summed E-state index contributed by atoms with van der Waals surface area (Å²) in [7, 11) is -1.27. The summed E-state index contributed by atoms with van der Waals surface area (Å²) in [5.74, 6) is 3.05. The second-order valence-corrected chi connectivity index (χ2v) is 9.77. The molecule has 0 saturated heterocycles. The number of rotatable bonds is 1. The van der Waals surface area contributed by atoms with Gasteiger partial charge in [-0.1, -0.05) is 43.8 Å². The summed E-state index contributed by atoms with van der Waals surface area (Å²) in [6, 6.07) is 6.20. The maximum absolute atomic E-state index is 4.43. The molecule has 0 saturated carbocycles. The largest absolute Gasteiger partial charge is 0.247 e. The van der Waals surface area contributed by atoms with Gasteiger partial charge in [0.1, 0.15) is 8.07 Å². The number of aryl methyl sites for hydroxylation is 2. The Kier molecular flexibility index (Phi) is 4.09. The first-order valence-electron chi connectivity index (χ1n) is 5.51. The van der Waals surface area contributed by atoms with E-state index in [-0.39, 0.29) is 0 Å². The minimum absolute atomic E-state index is 1.05. The van der Waals surface area contributed by atoms with Gasteiger partial charge in [0.2, 0.25) is 0 Å². The van der Waals surface area contributed by atoms with Crippen LogP contribution in [0.4, 0.5) is 5.69 Å². The van der Waals surface area contributed by atoms with Crippen molar-refractivity contribution in [1.29, 1.82) is 0 Å². The number of benzene rings is 1. The van der Waals surface area contributed by atoms with Crippen LogP contribution >= 0.6 is 0 Å². The van der Waals surface area contributed by atoms with Gasteiger partial charge in [0.05, 0.1) is 11.9 Å². The topological polar surface area (TPSA) is 12.4 Å². The van der Waals surface area contributed by atoms with Crippen molar-refractivity contribution in [3.05, 3.63) is 29.3 Å². The molecule has 16 heavy (non-hydrogen) atoms. The van der Waals surface area contributed by atoms with Crippen molar-refractivity contribution in [2.24, 2.45) is 4.99 Å². The number of aliphatic imine (C=N–C) groups is 1. The van der Waals surface area contributed by atoms with Crippen molar-refractivity contribution in [2.75, 3.05) is 0 Å². The zero-order valence-electron chi connectivity index (χ0n) is 10.8. The minimum atomic E-state index is -1.27. The molecule has 0 aliphatic rings. The lowest BCUT2D eigenvalue weighted by Crippen LogP contribution is -2.16. The van der Waals surface area contributed by atoms with Gasteiger partial charge in [0.25, 0.3) is 0 Å². The van der Waals surface area contributed by atoms with Crippen molar-refractivity contribution in [3.8, 4) is 11.5 Å². The van der Waals surface area contributed by atoms with Crippen LogP contribution in [0.2, 0.25) is 19.6 Å². The Bertz CT molecular complexity index is 436. The molecule has 0 radical (unpaired) electrons. The predicted octanol–water partition coefficient (Wildman–Crippen LogP) is 3.89. The third kappa shape index (κ3) is 4.04. The highest BCUT2D eigenvalue weighted by atomic mass is 28.3. The average molecular weight is 229 g/mol. The molecular weight excluding hydrogens is 210 g/mol. The summed E-state index contributed by atoms with van der Waals surface area (Å²) in [5.41, 5.74) is 6.72. The summed E-state index contributed by atoms with van der Waals surface area (Å²) in [4.78, 5) is 4.43. The Morgan fingerprint density at radius 2 is 1.69 bits per heavy atom. The summed E-state index contributed by atoms with van der Waals surface area (Å²) in [6.45, 7) is 10.8. The SMILES string of the molecule is Cc1cccc(C)c1N=CC#C[Si](C)(C)C. The van der Waals surface area contributed by atoms with E-state index in [0.717, 1.165) is 5.69 Å². The summed E-state index contributed by atoms with van der Waals surface area (Å²) >= 11 is 0. The molecule has 1 aromatic carbocycles. The molecule has 0 aromatic heterocycles. The standard InChI is InChI=1S/C14H19NSi/c1-12-8-6-9-13(2)14(12)15-10-7-11-16(3,4)5/h6,8-10H,1-5H3. The van der Waals surface area contributed by atoms with Gasteiger partial charge in [-0.25, -0.2) is 4.99 Å². The van der Waals surface area contributed by atoms with Crippen LogP contribution in [-0.4, -0.2) is 14.3 Å². The summed E-state index contributed by atoms with van der Waals surface area (Å²) in [6.07, 6.45) is 1.73. The normalized spacial score (nSPS) is 11.3. The Hall–Kier alpha value is -1.33. The average Bonchev–Trinajstić information content (AvgIpc) is 2.14. The predicted molar refractivity (Wildman–Crippen MR) is 75.2 cm³/mol. The van der Waals surface area contributed by atoms with E-state index in [0.29, 0.717) is 0 Å². The van der Waals surface area contributed by atoms with Crippen LogP contribution in [0, 0.1) is 25.3 Å². The van der Waals surface area contributed by atoms with Crippen LogP contribution in [0.5, 0.6) is 0 Å². The molecule has 0 amide bonds. The Morgan fingerprint density at radius 1 is 1.12 bits per heavy atom. The molecule has 0 aliphatic carbocycles. The molecule has 1 nitrogen and oxygen atoms in total. The molecule has 0 unspecified atom stereocenters. The smallest absolute Gasteiger partial charge is 0.129 e. The zero-order valence-corrected chi connectivity index (χ0v) is 11.8. The van der Waals surface area contributed by atoms with E-state index in [1.165, 1.54) is 11.1 Å². The highest BCUT2D eigenvalue weighted by Gasteiger charge is 2.06. The van der Waals surface area contributed by atoms with Gasteiger partial charge in [0.15, 0.2) is 0 Å². The van der Waals surface area contributed by atoms with Gasteiger partial charge in [-0.2, -0.15) is 0 Å². The van der Waals surface area contributed by atoms with Crippen LogP contribution in [-0.2, 0) is 0 Å². The van der Waals surface area contributed by atoms with E-state index < -0.39 is 8.07 Å². The summed E-state index contributed by atoms with van der Waals surface area (Å²) in [5, 5.41) is 0. The van der Waals surface area contributed by atoms with Gasteiger partial charge < -0.3 is 0 Å². The molecule has 2 heteroatoms. The molecule has 0 aliphatic heterocycles. The van der Waals surface area contributed by atoms with Crippen molar-refractivity contribution in [3.63, 3.8) is 0 Å². The van der Waals surface area contributed by atoms with Crippen molar-refractivity contribution < 1.29 is 0 Å². The van der Waals surface area contributed by atoms with Crippen molar-refractivity contribution in [1.82, 2.24) is 0 Å². The highest BCUT2D eigenvalue weighted by molar-refractivity contribution is 6.84.